The van der Waals surface area contributed by atoms with Gasteiger partial charge in [-0.3, -0.25) is 14.5 Å². The highest BCUT2D eigenvalue weighted by atomic mass is 35.5. The number of halogens is 1. The lowest BCUT2D eigenvalue weighted by Gasteiger charge is -2.24. The molecule has 1 aliphatic heterocycles. The van der Waals surface area contributed by atoms with Crippen LogP contribution in [0.3, 0.4) is 0 Å². The first-order chi connectivity index (χ1) is 13.9. The van der Waals surface area contributed by atoms with Crippen molar-refractivity contribution in [3.63, 3.8) is 0 Å². The minimum absolute atomic E-state index is 0.124. The third-order valence-corrected chi connectivity index (χ3v) is 5.24. The van der Waals surface area contributed by atoms with Crippen molar-refractivity contribution in [2.75, 3.05) is 11.9 Å². The second kappa shape index (κ2) is 7.18. The number of carbonyl (C=O) groups is 3. The summed E-state index contributed by atoms with van der Waals surface area (Å²) in [5, 5.41) is 7.24. The summed E-state index contributed by atoms with van der Waals surface area (Å²) in [5.41, 5.74) is -0.292. The number of pyridine rings is 1. The number of hydrogen-bond acceptors (Lipinski definition) is 4. The van der Waals surface area contributed by atoms with Crippen molar-refractivity contribution in [1.82, 2.24) is 15.2 Å². The molecule has 2 heterocycles. The van der Waals surface area contributed by atoms with Crippen LogP contribution in [0.4, 0.5) is 10.5 Å². The van der Waals surface area contributed by atoms with Crippen molar-refractivity contribution in [3.8, 4) is 0 Å². The number of carbonyl (C=O) groups excluding carboxylic acids is 3. The number of nitrogens with zero attached hydrogens (tertiary/aromatic N) is 2. The fourth-order valence-electron chi connectivity index (χ4n) is 3.50. The van der Waals surface area contributed by atoms with Crippen LogP contribution in [-0.2, 0) is 15.1 Å². The number of hydrogen-bond donors (Lipinski definition) is 2. The van der Waals surface area contributed by atoms with Crippen LogP contribution < -0.4 is 10.6 Å². The molecule has 2 aromatic carbocycles. The molecule has 0 saturated carbocycles. The summed E-state index contributed by atoms with van der Waals surface area (Å²) >= 11 is 5.94. The molecule has 0 aliphatic carbocycles. The standard InChI is InChI=1S/C21H17ClN4O3/c1-21(15-9-4-7-13-6-2-3-8-14(13)15)19(28)26(20(29)25-21)12-17(27)24-16-10-5-11-23-18(16)22/h2-11H,12H2,1H3,(H,24,27)(H,25,29)/t21-/m0/s1. The lowest BCUT2D eigenvalue weighted by molar-refractivity contribution is -0.133. The largest absolute Gasteiger partial charge is 0.325 e. The normalized spacial score (nSPS) is 18.8. The predicted molar refractivity (Wildman–Crippen MR) is 109 cm³/mol. The number of imide groups is 1. The van der Waals surface area contributed by atoms with Gasteiger partial charge in [0.2, 0.25) is 5.91 Å². The molecule has 0 unspecified atom stereocenters. The van der Waals surface area contributed by atoms with E-state index in [2.05, 4.69) is 15.6 Å². The molecule has 1 saturated heterocycles. The quantitative estimate of drug-likeness (QED) is 0.512. The van der Waals surface area contributed by atoms with Crippen molar-refractivity contribution in [3.05, 3.63) is 71.5 Å². The van der Waals surface area contributed by atoms with Gasteiger partial charge in [0, 0.05) is 6.20 Å². The van der Waals surface area contributed by atoms with Crippen LogP contribution in [0.2, 0.25) is 5.15 Å². The molecule has 1 aromatic heterocycles. The Morgan fingerprint density at radius 3 is 2.69 bits per heavy atom. The average Bonchev–Trinajstić information content (AvgIpc) is 2.93. The Balaban J connectivity index is 1.60. The lowest BCUT2D eigenvalue weighted by Crippen LogP contribution is -2.42. The van der Waals surface area contributed by atoms with Gasteiger partial charge in [0.1, 0.15) is 12.1 Å². The van der Waals surface area contributed by atoms with Crippen LogP contribution in [0.1, 0.15) is 12.5 Å². The maximum Gasteiger partial charge on any atom is 0.325 e. The minimum Gasteiger partial charge on any atom is -0.322 e. The van der Waals surface area contributed by atoms with E-state index in [4.69, 9.17) is 11.6 Å². The molecule has 1 fully saturated rings. The number of anilines is 1. The van der Waals surface area contributed by atoms with Gasteiger partial charge in [-0.25, -0.2) is 9.78 Å². The zero-order valence-corrected chi connectivity index (χ0v) is 16.2. The Kier molecular flexibility index (Phi) is 4.68. The highest BCUT2D eigenvalue weighted by molar-refractivity contribution is 6.32. The van der Waals surface area contributed by atoms with Crippen LogP contribution >= 0.6 is 11.6 Å². The van der Waals surface area contributed by atoms with Crippen molar-refractivity contribution in [2.45, 2.75) is 12.5 Å². The fourth-order valence-corrected chi connectivity index (χ4v) is 3.66. The SMILES string of the molecule is C[C@@]1(c2cccc3ccccc23)NC(=O)N(CC(=O)Nc2cccnc2Cl)C1=O. The fraction of sp³-hybridized carbons (Fsp3) is 0.143. The van der Waals surface area contributed by atoms with E-state index in [1.807, 2.05) is 36.4 Å². The zero-order chi connectivity index (χ0) is 20.6. The molecule has 3 aromatic rings. The number of benzene rings is 2. The molecule has 8 heteroatoms. The van der Waals surface area contributed by atoms with Gasteiger partial charge in [-0.05, 0) is 35.4 Å². The molecule has 0 radical (unpaired) electrons. The Hall–Kier alpha value is -3.45. The maximum absolute atomic E-state index is 13.2. The summed E-state index contributed by atoms with van der Waals surface area (Å²) in [5.74, 6) is -1.04. The van der Waals surface area contributed by atoms with Gasteiger partial charge in [0.05, 0.1) is 5.69 Å². The molecular weight excluding hydrogens is 392 g/mol. The number of aromatic nitrogens is 1. The van der Waals surface area contributed by atoms with E-state index in [9.17, 15) is 14.4 Å². The Bertz CT molecular complexity index is 1140. The van der Waals surface area contributed by atoms with E-state index in [1.54, 1.807) is 25.1 Å². The van der Waals surface area contributed by atoms with Gasteiger partial charge in [0.25, 0.3) is 5.91 Å². The molecular formula is C21H17ClN4O3. The van der Waals surface area contributed by atoms with E-state index in [0.717, 1.165) is 15.7 Å². The maximum atomic E-state index is 13.2. The van der Waals surface area contributed by atoms with Crippen LogP contribution in [-0.4, -0.2) is 34.3 Å². The summed E-state index contributed by atoms with van der Waals surface area (Å²) in [6.07, 6.45) is 1.49. The number of amides is 4. The first-order valence-corrected chi connectivity index (χ1v) is 9.30. The van der Waals surface area contributed by atoms with Crippen molar-refractivity contribution in [2.24, 2.45) is 0 Å². The first kappa shape index (κ1) is 18.9. The predicted octanol–water partition coefficient (Wildman–Crippen LogP) is 3.29. The van der Waals surface area contributed by atoms with E-state index in [0.29, 0.717) is 11.3 Å². The topological polar surface area (TPSA) is 91.4 Å². The molecule has 2 N–H and O–H groups in total. The average molecular weight is 409 g/mol. The highest BCUT2D eigenvalue weighted by Gasteiger charge is 2.50. The second-order valence-corrected chi connectivity index (χ2v) is 7.22. The molecule has 7 nitrogen and oxygen atoms in total. The summed E-state index contributed by atoms with van der Waals surface area (Å²) in [4.78, 5) is 42.9. The minimum atomic E-state index is -1.27. The number of fused-ring (bicyclic) bond motifs is 1. The van der Waals surface area contributed by atoms with E-state index in [-0.39, 0.29) is 5.15 Å². The number of rotatable bonds is 4. The van der Waals surface area contributed by atoms with Gasteiger partial charge in [-0.1, -0.05) is 54.1 Å². The number of nitrogens with one attached hydrogen (secondary N) is 2. The van der Waals surface area contributed by atoms with Crippen LogP contribution in [0.15, 0.2) is 60.8 Å². The van der Waals surface area contributed by atoms with Crippen LogP contribution in [0.5, 0.6) is 0 Å². The van der Waals surface area contributed by atoms with E-state index >= 15 is 0 Å². The van der Waals surface area contributed by atoms with Crippen molar-refractivity contribution < 1.29 is 14.4 Å². The summed E-state index contributed by atoms with van der Waals surface area (Å²) in [6.45, 7) is 1.21. The van der Waals surface area contributed by atoms with Gasteiger partial charge in [-0.15, -0.1) is 0 Å². The first-order valence-electron chi connectivity index (χ1n) is 8.93. The molecule has 1 atom stereocenters. The van der Waals surface area contributed by atoms with Crippen molar-refractivity contribution in [1.29, 1.82) is 0 Å². The van der Waals surface area contributed by atoms with E-state index < -0.39 is 29.9 Å². The third kappa shape index (κ3) is 3.30. The Morgan fingerprint density at radius 1 is 1.14 bits per heavy atom. The van der Waals surface area contributed by atoms with Gasteiger partial charge < -0.3 is 10.6 Å². The summed E-state index contributed by atoms with van der Waals surface area (Å²) in [7, 11) is 0. The van der Waals surface area contributed by atoms with Crippen LogP contribution in [0, 0.1) is 0 Å². The molecule has 4 amide bonds. The van der Waals surface area contributed by atoms with Gasteiger partial charge in [0.15, 0.2) is 5.15 Å². The molecule has 0 spiro atoms. The molecule has 0 bridgehead atoms. The Labute approximate surface area is 171 Å². The van der Waals surface area contributed by atoms with Gasteiger partial charge >= 0.3 is 6.03 Å². The summed E-state index contributed by atoms with van der Waals surface area (Å²) < 4.78 is 0. The molecule has 146 valence electrons. The number of urea groups is 1. The van der Waals surface area contributed by atoms with Crippen LogP contribution in [0.25, 0.3) is 10.8 Å². The molecule has 1 aliphatic rings. The molecule has 29 heavy (non-hydrogen) atoms. The highest BCUT2D eigenvalue weighted by Crippen LogP contribution is 2.33. The lowest BCUT2D eigenvalue weighted by atomic mass is 9.88. The smallest absolute Gasteiger partial charge is 0.322 e. The van der Waals surface area contributed by atoms with E-state index in [1.165, 1.54) is 6.20 Å². The summed E-state index contributed by atoms with van der Waals surface area (Å²) in [6, 6.07) is 15.8. The Morgan fingerprint density at radius 2 is 1.90 bits per heavy atom. The van der Waals surface area contributed by atoms with Crippen molar-refractivity contribution >= 4 is 45.9 Å². The third-order valence-electron chi connectivity index (χ3n) is 4.94. The monoisotopic (exact) mass is 408 g/mol. The molecule has 4 rings (SSSR count). The zero-order valence-electron chi connectivity index (χ0n) is 15.5. The van der Waals surface area contributed by atoms with Gasteiger partial charge in [-0.2, -0.15) is 0 Å². The second-order valence-electron chi connectivity index (χ2n) is 6.86.